The van der Waals surface area contributed by atoms with Crippen molar-refractivity contribution in [1.82, 2.24) is 0 Å². The van der Waals surface area contributed by atoms with E-state index in [1.54, 1.807) is 0 Å². The number of hydrogen-bond donors (Lipinski definition) is 1. The molecule has 1 nitrogen and oxygen atoms in total. The van der Waals surface area contributed by atoms with Crippen LogP contribution in [0, 0.1) is 5.92 Å². The van der Waals surface area contributed by atoms with E-state index in [4.69, 9.17) is 0 Å². The predicted molar refractivity (Wildman–Crippen MR) is 119 cm³/mol. The Hall–Kier alpha value is -3.16. The van der Waals surface area contributed by atoms with E-state index in [0.717, 1.165) is 11.1 Å². The SMILES string of the molecule is OC(c1ccccc1)c1ccc2c(c1)C1c3ccccc3C3c4ccccc4C2C31. The molecule has 0 aliphatic heterocycles. The molecule has 0 heterocycles. The van der Waals surface area contributed by atoms with Gasteiger partial charge in [0.25, 0.3) is 0 Å². The maximum Gasteiger partial charge on any atom is 0.104 e. The maximum atomic E-state index is 11.0. The largest absolute Gasteiger partial charge is 0.384 e. The molecule has 144 valence electrons. The monoisotopic (exact) mass is 386 g/mol. The predicted octanol–water partition coefficient (Wildman–Crippen LogP) is 6.12. The second-order valence-electron chi connectivity index (χ2n) is 8.97. The van der Waals surface area contributed by atoms with Crippen LogP contribution < -0.4 is 0 Å². The molecular formula is C29H22O. The molecule has 30 heavy (non-hydrogen) atoms. The van der Waals surface area contributed by atoms with Gasteiger partial charge >= 0.3 is 0 Å². The smallest absolute Gasteiger partial charge is 0.104 e. The summed E-state index contributed by atoms with van der Waals surface area (Å²) in [4.78, 5) is 0. The topological polar surface area (TPSA) is 20.2 Å². The molecule has 0 aromatic heterocycles. The van der Waals surface area contributed by atoms with Crippen LogP contribution in [0.5, 0.6) is 0 Å². The van der Waals surface area contributed by atoms with E-state index in [1.165, 1.54) is 33.4 Å². The van der Waals surface area contributed by atoms with Gasteiger partial charge in [0.15, 0.2) is 0 Å². The number of hydrogen-bond acceptors (Lipinski definition) is 1. The number of aliphatic hydroxyl groups is 1. The molecule has 0 bridgehead atoms. The van der Waals surface area contributed by atoms with Crippen LogP contribution in [0.4, 0.5) is 0 Å². The lowest BCUT2D eigenvalue weighted by atomic mass is 9.86. The van der Waals surface area contributed by atoms with Gasteiger partial charge in [-0.2, -0.15) is 0 Å². The molecule has 0 fully saturated rings. The Bertz CT molecular complexity index is 1280. The number of aliphatic hydroxyl groups excluding tert-OH is 1. The number of fused-ring (bicyclic) bond motifs is 9. The van der Waals surface area contributed by atoms with Crippen molar-refractivity contribution >= 4 is 0 Å². The summed E-state index contributed by atoms with van der Waals surface area (Å²) < 4.78 is 0. The van der Waals surface area contributed by atoms with Crippen molar-refractivity contribution in [3.05, 3.63) is 142 Å². The molecule has 5 atom stereocenters. The number of benzene rings is 4. The van der Waals surface area contributed by atoms with Crippen LogP contribution >= 0.6 is 0 Å². The van der Waals surface area contributed by atoms with Gasteiger partial charge in [-0.1, -0.05) is 97.1 Å². The van der Waals surface area contributed by atoms with Crippen LogP contribution in [0.15, 0.2) is 97.1 Å². The second kappa shape index (κ2) is 5.93. The van der Waals surface area contributed by atoms with Crippen LogP contribution in [0.1, 0.15) is 68.4 Å². The van der Waals surface area contributed by atoms with Gasteiger partial charge in [0.2, 0.25) is 0 Å². The molecule has 4 aromatic carbocycles. The first-order chi connectivity index (χ1) is 14.8. The Labute approximate surface area is 176 Å². The normalized spacial score (nSPS) is 25.4. The van der Waals surface area contributed by atoms with Crippen molar-refractivity contribution in [1.29, 1.82) is 0 Å². The third-order valence-corrected chi connectivity index (χ3v) is 7.70. The molecule has 7 rings (SSSR count). The van der Waals surface area contributed by atoms with E-state index in [0.29, 0.717) is 23.7 Å². The minimum atomic E-state index is -0.586. The molecule has 0 spiro atoms. The third kappa shape index (κ3) is 2.01. The van der Waals surface area contributed by atoms with E-state index in [-0.39, 0.29) is 0 Å². The molecule has 0 amide bonds. The first-order valence-electron chi connectivity index (χ1n) is 10.9. The van der Waals surface area contributed by atoms with E-state index < -0.39 is 6.10 Å². The molecule has 3 aliphatic carbocycles. The summed E-state index contributed by atoms with van der Waals surface area (Å²) in [5.41, 5.74) is 10.8. The van der Waals surface area contributed by atoms with Gasteiger partial charge in [0.1, 0.15) is 6.10 Å². The minimum absolute atomic E-state index is 0.418. The highest BCUT2D eigenvalue weighted by Gasteiger charge is 2.56. The van der Waals surface area contributed by atoms with Gasteiger partial charge in [-0.25, -0.2) is 0 Å². The highest BCUT2D eigenvalue weighted by atomic mass is 16.3. The first kappa shape index (κ1) is 16.6. The summed E-state index contributed by atoms with van der Waals surface area (Å²) in [5.74, 6) is 1.93. The van der Waals surface area contributed by atoms with E-state index in [1.807, 2.05) is 30.3 Å². The fraction of sp³-hybridized carbons (Fsp3) is 0.172. The van der Waals surface area contributed by atoms with E-state index in [2.05, 4.69) is 66.7 Å². The standard InChI is InChI=1S/C29H22O/c30-29(17-8-2-1-3-9-17)18-14-15-23-24(16-18)27-22-13-7-6-12-21(22)25-19-10-4-5-11-20(19)26(23)28(25)27/h1-16,25-30H. The van der Waals surface area contributed by atoms with Crippen molar-refractivity contribution in [2.75, 3.05) is 0 Å². The lowest BCUT2D eigenvalue weighted by Gasteiger charge is -2.17. The lowest BCUT2D eigenvalue weighted by molar-refractivity contribution is 0.220. The third-order valence-electron chi connectivity index (χ3n) is 7.70. The zero-order valence-corrected chi connectivity index (χ0v) is 16.6. The summed E-state index contributed by atoms with van der Waals surface area (Å²) >= 11 is 0. The van der Waals surface area contributed by atoms with Crippen LogP contribution in [-0.4, -0.2) is 5.11 Å². The average Bonchev–Trinajstić information content (AvgIpc) is 3.43. The van der Waals surface area contributed by atoms with Crippen LogP contribution in [0.25, 0.3) is 0 Å². The summed E-state index contributed by atoms with van der Waals surface area (Å²) in [5, 5.41) is 11.0. The number of rotatable bonds is 2. The molecule has 0 saturated heterocycles. The molecule has 3 aliphatic rings. The fourth-order valence-electron chi connectivity index (χ4n) is 6.62. The van der Waals surface area contributed by atoms with Crippen molar-refractivity contribution in [3.63, 3.8) is 0 Å². The van der Waals surface area contributed by atoms with Crippen molar-refractivity contribution in [2.45, 2.75) is 23.9 Å². The summed E-state index contributed by atoms with van der Waals surface area (Å²) in [6.07, 6.45) is -0.586. The van der Waals surface area contributed by atoms with Gasteiger partial charge in [0.05, 0.1) is 0 Å². The average molecular weight is 386 g/mol. The molecule has 4 aromatic rings. The van der Waals surface area contributed by atoms with Crippen LogP contribution in [-0.2, 0) is 0 Å². The first-order valence-corrected chi connectivity index (χ1v) is 10.9. The summed E-state index contributed by atoms with van der Waals surface area (Å²) in [7, 11) is 0. The highest BCUT2D eigenvalue weighted by Crippen LogP contribution is 2.68. The van der Waals surface area contributed by atoms with E-state index >= 15 is 0 Å². The van der Waals surface area contributed by atoms with E-state index in [9.17, 15) is 5.11 Å². The Morgan fingerprint density at radius 2 is 0.933 bits per heavy atom. The highest BCUT2D eigenvalue weighted by molar-refractivity contribution is 5.66. The van der Waals surface area contributed by atoms with Crippen LogP contribution in [0.2, 0.25) is 0 Å². The molecule has 0 saturated carbocycles. The van der Waals surface area contributed by atoms with Crippen molar-refractivity contribution < 1.29 is 5.11 Å². The van der Waals surface area contributed by atoms with Gasteiger partial charge < -0.3 is 5.11 Å². The molecule has 0 radical (unpaired) electrons. The molecular weight excluding hydrogens is 364 g/mol. The van der Waals surface area contributed by atoms with Crippen molar-refractivity contribution in [2.24, 2.45) is 5.92 Å². The Morgan fingerprint density at radius 3 is 1.50 bits per heavy atom. The van der Waals surface area contributed by atoms with Crippen molar-refractivity contribution in [3.8, 4) is 0 Å². The molecule has 1 heteroatoms. The van der Waals surface area contributed by atoms with Gasteiger partial charge in [-0.15, -0.1) is 0 Å². The van der Waals surface area contributed by atoms with Gasteiger partial charge in [0, 0.05) is 17.8 Å². The Morgan fingerprint density at radius 1 is 0.467 bits per heavy atom. The maximum absolute atomic E-state index is 11.0. The fourth-order valence-corrected chi connectivity index (χ4v) is 6.62. The lowest BCUT2D eigenvalue weighted by Crippen LogP contribution is -2.07. The Balaban J connectivity index is 1.44. The summed E-state index contributed by atoms with van der Waals surface area (Å²) in [6, 6.07) is 34.8. The molecule has 5 unspecified atom stereocenters. The van der Waals surface area contributed by atoms with Gasteiger partial charge in [-0.05, 0) is 50.4 Å². The zero-order valence-electron chi connectivity index (χ0n) is 16.6. The quantitative estimate of drug-likeness (QED) is 0.440. The van der Waals surface area contributed by atoms with Crippen LogP contribution in [0.3, 0.4) is 0 Å². The summed E-state index contributed by atoms with van der Waals surface area (Å²) in [6.45, 7) is 0. The minimum Gasteiger partial charge on any atom is -0.384 e. The second-order valence-corrected chi connectivity index (χ2v) is 8.97. The molecule has 1 N–H and O–H groups in total. The zero-order chi connectivity index (χ0) is 19.8. The Kier molecular flexibility index (Phi) is 3.29. The van der Waals surface area contributed by atoms with Gasteiger partial charge in [-0.3, -0.25) is 0 Å².